The van der Waals surface area contributed by atoms with Gasteiger partial charge in [0, 0.05) is 10.5 Å². The van der Waals surface area contributed by atoms with Crippen LogP contribution < -0.4 is 5.32 Å². The Labute approximate surface area is 111 Å². The lowest BCUT2D eigenvalue weighted by Crippen LogP contribution is -2.25. The van der Waals surface area contributed by atoms with Gasteiger partial charge in [-0.1, -0.05) is 28.9 Å². The molecule has 1 fully saturated rings. The van der Waals surface area contributed by atoms with Crippen LogP contribution in [0.3, 0.4) is 0 Å². The van der Waals surface area contributed by atoms with Crippen molar-refractivity contribution in [3.8, 4) is 0 Å². The van der Waals surface area contributed by atoms with E-state index in [4.69, 9.17) is 0 Å². The summed E-state index contributed by atoms with van der Waals surface area (Å²) in [5, 5.41) is 3.53. The van der Waals surface area contributed by atoms with E-state index in [-0.39, 0.29) is 11.9 Å². The van der Waals surface area contributed by atoms with Crippen molar-refractivity contribution in [2.45, 2.75) is 32.7 Å². The summed E-state index contributed by atoms with van der Waals surface area (Å²) >= 11 is 3.42. The first-order valence-electron chi connectivity index (χ1n) is 6.26. The highest BCUT2D eigenvalue weighted by molar-refractivity contribution is 9.10. The lowest BCUT2D eigenvalue weighted by Gasteiger charge is -2.19. The molecule has 1 N–H and O–H groups in total. The normalized spacial score (nSPS) is 19.1. The molecule has 2 rings (SSSR count). The van der Waals surface area contributed by atoms with Crippen LogP contribution in [-0.2, 0) is 0 Å². The zero-order valence-corrected chi connectivity index (χ0v) is 11.9. The third-order valence-electron chi connectivity index (χ3n) is 3.60. The molecule has 0 radical (unpaired) electrons. The summed E-state index contributed by atoms with van der Waals surface area (Å²) in [6, 6.07) is 5.14. The second-order valence-electron chi connectivity index (χ2n) is 5.11. The van der Waals surface area contributed by atoms with Gasteiger partial charge in [-0.2, -0.15) is 0 Å². The quantitative estimate of drug-likeness (QED) is 0.855. The average molecular weight is 300 g/mol. The molecule has 1 nitrogen and oxygen atoms in total. The molecule has 1 aliphatic carbocycles. The van der Waals surface area contributed by atoms with Gasteiger partial charge in [0.25, 0.3) is 0 Å². The van der Waals surface area contributed by atoms with E-state index in [1.165, 1.54) is 25.0 Å². The summed E-state index contributed by atoms with van der Waals surface area (Å²) in [4.78, 5) is 0. The third-order valence-corrected chi connectivity index (χ3v) is 4.29. The molecule has 1 aliphatic rings. The molecule has 2 atom stereocenters. The molecule has 0 saturated heterocycles. The topological polar surface area (TPSA) is 12.0 Å². The van der Waals surface area contributed by atoms with Crippen LogP contribution in [-0.4, -0.2) is 6.54 Å². The first-order chi connectivity index (χ1) is 8.08. The summed E-state index contributed by atoms with van der Waals surface area (Å²) in [5.74, 6) is 1.47. The lowest BCUT2D eigenvalue weighted by molar-refractivity contribution is 0.431. The molecule has 0 aromatic heterocycles. The Morgan fingerprint density at radius 3 is 2.71 bits per heavy atom. The van der Waals surface area contributed by atoms with Crippen LogP contribution >= 0.6 is 15.9 Å². The molecule has 0 heterocycles. The predicted octanol–water partition coefficient (Wildman–Crippen LogP) is 4.28. The maximum absolute atomic E-state index is 13.0. The summed E-state index contributed by atoms with van der Waals surface area (Å²) < 4.78 is 13.8. The second kappa shape index (κ2) is 5.49. The van der Waals surface area contributed by atoms with Gasteiger partial charge in [-0.25, -0.2) is 4.39 Å². The van der Waals surface area contributed by atoms with E-state index in [9.17, 15) is 4.39 Å². The predicted molar refractivity (Wildman–Crippen MR) is 72.4 cm³/mol. The molecule has 0 amide bonds. The smallest absolute Gasteiger partial charge is 0.124 e. The fourth-order valence-corrected chi connectivity index (χ4v) is 2.85. The first-order valence-corrected chi connectivity index (χ1v) is 7.05. The van der Waals surface area contributed by atoms with Gasteiger partial charge in [0.2, 0.25) is 0 Å². The van der Waals surface area contributed by atoms with E-state index in [1.807, 2.05) is 6.07 Å². The van der Waals surface area contributed by atoms with Crippen molar-refractivity contribution in [3.63, 3.8) is 0 Å². The van der Waals surface area contributed by atoms with Crippen LogP contribution in [0.1, 0.15) is 38.3 Å². The molecule has 2 unspecified atom stereocenters. The monoisotopic (exact) mass is 299 g/mol. The summed E-state index contributed by atoms with van der Waals surface area (Å²) in [5.41, 5.74) is 1.12. The number of nitrogens with one attached hydrogen (secondary N) is 1. The van der Waals surface area contributed by atoms with Crippen LogP contribution in [0.4, 0.5) is 4.39 Å². The van der Waals surface area contributed by atoms with Crippen molar-refractivity contribution < 1.29 is 4.39 Å². The van der Waals surface area contributed by atoms with Gasteiger partial charge in [0.05, 0.1) is 0 Å². The van der Waals surface area contributed by atoms with Gasteiger partial charge in [-0.05, 0) is 55.8 Å². The first kappa shape index (κ1) is 13.0. The minimum atomic E-state index is -0.195. The fourth-order valence-electron chi connectivity index (χ4n) is 2.16. The Balaban J connectivity index is 1.91. The van der Waals surface area contributed by atoms with Gasteiger partial charge in [0.1, 0.15) is 5.82 Å². The Morgan fingerprint density at radius 2 is 2.12 bits per heavy atom. The van der Waals surface area contributed by atoms with Gasteiger partial charge >= 0.3 is 0 Å². The van der Waals surface area contributed by atoms with Gasteiger partial charge in [0.15, 0.2) is 0 Å². The number of hydrogen-bond donors (Lipinski definition) is 1. The highest BCUT2D eigenvalue weighted by Crippen LogP contribution is 2.36. The fraction of sp³-hybridized carbons (Fsp3) is 0.571. The van der Waals surface area contributed by atoms with E-state index in [0.717, 1.165) is 28.4 Å². The third kappa shape index (κ3) is 3.52. The molecular weight excluding hydrogens is 281 g/mol. The highest BCUT2D eigenvalue weighted by atomic mass is 79.9. The van der Waals surface area contributed by atoms with Gasteiger partial charge < -0.3 is 5.32 Å². The number of hydrogen-bond acceptors (Lipinski definition) is 1. The standard InChI is InChI=1S/C14H19BrFN/c1-9(11-3-4-11)8-17-10(2)13-6-5-12(16)7-14(13)15/h5-7,9-11,17H,3-4,8H2,1-2H3. The summed E-state index contributed by atoms with van der Waals surface area (Å²) in [7, 11) is 0. The van der Waals surface area contributed by atoms with Crippen molar-refractivity contribution in [2.24, 2.45) is 11.8 Å². The van der Waals surface area contributed by atoms with Crippen LogP contribution in [0.2, 0.25) is 0 Å². The molecule has 0 bridgehead atoms. The number of rotatable bonds is 5. The molecule has 1 aromatic rings. The SMILES string of the molecule is CC(NCC(C)C1CC1)c1ccc(F)cc1Br. The zero-order chi connectivity index (χ0) is 12.4. The maximum atomic E-state index is 13.0. The maximum Gasteiger partial charge on any atom is 0.124 e. The summed E-state index contributed by atoms with van der Waals surface area (Å²) in [6.07, 6.45) is 2.77. The second-order valence-corrected chi connectivity index (χ2v) is 5.96. The Morgan fingerprint density at radius 1 is 1.41 bits per heavy atom. The van der Waals surface area contributed by atoms with Crippen molar-refractivity contribution >= 4 is 15.9 Å². The largest absolute Gasteiger partial charge is 0.310 e. The molecule has 0 aliphatic heterocycles. The van der Waals surface area contributed by atoms with E-state index in [1.54, 1.807) is 0 Å². The zero-order valence-electron chi connectivity index (χ0n) is 10.3. The average Bonchev–Trinajstić information content (AvgIpc) is 3.09. The molecule has 3 heteroatoms. The van der Waals surface area contributed by atoms with Crippen molar-refractivity contribution in [3.05, 3.63) is 34.1 Å². The molecule has 0 spiro atoms. The molecule has 94 valence electrons. The van der Waals surface area contributed by atoms with Crippen LogP contribution in [0, 0.1) is 17.7 Å². The van der Waals surface area contributed by atoms with Crippen molar-refractivity contribution in [1.82, 2.24) is 5.32 Å². The minimum Gasteiger partial charge on any atom is -0.310 e. The van der Waals surface area contributed by atoms with Gasteiger partial charge in [-0.3, -0.25) is 0 Å². The minimum absolute atomic E-state index is 0.195. The van der Waals surface area contributed by atoms with Crippen LogP contribution in [0.15, 0.2) is 22.7 Å². The molecule has 17 heavy (non-hydrogen) atoms. The van der Waals surface area contributed by atoms with E-state index < -0.39 is 0 Å². The van der Waals surface area contributed by atoms with E-state index in [2.05, 4.69) is 35.1 Å². The van der Waals surface area contributed by atoms with Crippen molar-refractivity contribution in [1.29, 1.82) is 0 Å². The summed E-state index contributed by atoms with van der Waals surface area (Å²) in [6.45, 7) is 5.46. The van der Waals surface area contributed by atoms with Gasteiger partial charge in [-0.15, -0.1) is 0 Å². The number of halogens is 2. The highest BCUT2D eigenvalue weighted by Gasteiger charge is 2.27. The van der Waals surface area contributed by atoms with Crippen molar-refractivity contribution in [2.75, 3.05) is 6.54 Å². The molecule has 1 saturated carbocycles. The molecule has 1 aromatic carbocycles. The molecular formula is C14H19BrFN. The lowest BCUT2D eigenvalue weighted by atomic mass is 10.0. The van der Waals surface area contributed by atoms with Crippen LogP contribution in [0.5, 0.6) is 0 Å². The Hall–Kier alpha value is -0.410. The Bertz CT molecular complexity index is 390. The van der Waals surface area contributed by atoms with E-state index >= 15 is 0 Å². The number of benzene rings is 1. The van der Waals surface area contributed by atoms with Crippen LogP contribution in [0.25, 0.3) is 0 Å². The Kier molecular flexibility index (Phi) is 4.21. The van der Waals surface area contributed by atoms with E-state index in [0.29, 0.717) is 0 Å².